The topological polar surface area (TPSA) is 79.8 Å². The number of rotatable bonds is 8. The largest absolute Gasteiger partial charge is 0.488 e. The van der Waals surface area contributed by atoms with Crippen LogP contribution >= 0.6 is 11.6 Å². The minimum atomic E-state index is -0.872. The number of hydrazone groups is 1. The first-order chi connectivity index (χ1) is 13.5. The van der Waals surface area contributed by atoms with Gasteiger partial charge in [-0.1, -0.05) is 43.1 Å². The van der Waals surface area contributed by atoms with Crippen LogP contribution < -0.4 is 15.5 Å². The lowest BCUT2D eigenvalue weighted by molar-refractivity contribution is -0.139. The van der Waals surface area contributed by atoms with Gasteiger partial charge < -0.3 is 10.1 Å². The zero-order chi connectivity index (χ0) is 20.4. The van der Waals surface area contributed by atoms with Crippen LogP contribution in [0.5, 0.6) is 5.75 Å². The van der Waals surface area contributed by atoms with E-state index in [9.17, 15) is 14.0 Å². The molecule has 0 aliphatic heterocycles. The highest BCUT2D eigenvalue weighted by atomic mass is 35.5. The third-order valence-electron chi connectivity index (χ3n) is 3.70. The zero-order valence-corrected chi connectivity index (χ0v) is 16.1. The average molecular weight is 406 g/mol. The highest BCUT2D eigenvalue weighted by Crippen LogP contribution is 2.23. The number of carbonyl (C=O) groups excluding carboxylic acids is 2. The number of carbonyl (C=O) groups is 2. The van der Waals surface area contributed by atoms with Gasteiger partial charge in [0.05, 0.1) is 6.21 Å². The molecule has 0 spiro atoms. The molecular formula is C20H21ClFN3O3. The van der Waals surface area contributed by atoms with Gasteiger partial charge >= 0.3 is 11.8 Å². The summed E-state index contributed by atoms with van der Waals surface area (Å²) in [7, 11) is 0. The van der Waals surface area contributed by atoms with Gasteiger partial charge in [0.1, 0.15) is 18.2 Å². The minimum Gasteiger partial charge on any atom is -0.488 e. The maximum absolute atomic E-state index is 13.7. The summed E-state index contributed by atoms with van der Waals surface area (Å²) in [6.07, 6.45) is 3.00. The Balaban J connectivity index is 1.99. The molecule has 0 fully saturated rings. The van der Waals surface area contributed by atoms with Crippen molar-refractivity contribution in [1.82, 2.24) is 10.7 Å². The smallest absolute Gasteiger partial charge is 0.329 e. The van der Waals surface area contributed by atoms with Crippen molar-refractivity contribution in [2.24, 2.45) is 5.10 Å². The Morgan fingerprint density at radius 3 is 2.75 bits per heavy atom. The van der Waals surface area contributed by atoms with Crippen LogP contribution in [0.2, 0.25) is 5.02 Å². The van der Waals surface area contributed by atoms with E-state index in [4.69, 9.17) is 16.3 Å². The molecule has 0 radical (unpaired) electrons. The number of nitrogens with zero attached hydrogens (tertiary/aromatic N) is 1. The van der Waals surface area contributed by atoms with Crippen LogP contribution in [0.25, 0.3) is 0 Å². The van der Waals surface area contributed by atoms with Crippen molar-refractivity contribution >= 4 is 29.6 Å². The van der Waals surface area contributed by atoms with Crippen molar-refractivity contribution in [3.05, 3.63) is 64.4 Å². The predicted octanol–water partition coefficient (Wildman–Crippen LogP) is 3.42. The Bertz CT molecular complexity index is 858. The fourth-order valence-corrected chi connectivity index (χ4v) is 2.37. The zero-order valence-electron chi connectivity index (χ0n) is 15.4. The second-order valence-corrected chi connectivity index (χ2v) is 6.31. The van der Waals surface area contributed by atoms with E-state index in [1.165, 1.54) is 12.3 Å². The molecule has 2 aromatic rings. The van der Waals surface area contributed by atoms with Crippen molar-refractivity contribution in [1.29, 1.82) is 0 Å². The average Bonchev–Trinajstić information content (AvgIpc) is 2.68. The van der Waals surface area contributed by atoms with Crippen LogP contribution in [0.1, 0.15) is 30.9 Å². The number of nitrogens with one attached hydrogen (secondary N) is 2. The van der Waals surface area contributed by atoms with Crippen molar-refractivity contribution in [2.45, 2.75) is 26.4 Å². The van der Waals surface area contributed by atoms with Crippen LogP contribution in [0, 0.1) is 5.82 Å². The van der Waals surface area contributed by atoms with E-state index in [1.807, 2.05) is 6.92 Å². The van der Waals surface area contributed by atoms with Gasteiger partial charge in [-0.3, -0.25) is 9.59 Å². The van der Waals surface area contributed by atoms with Gasteiger partial charge in [0.15, 0.2) is 0 Å². The SMILES string of the molecule is CCCCNC(=O)C(=O)N/N=C\c1cc(Cl)ccc1OCc1ccccc1F. The summed E-state index contributed by atoms with van der Waals surface area (Å²) in [6.45, 7) is 2.42. The first-order valence-electron chi connectivity index (χ1n) is 8.78. The Morgan fingerprint density at radius 2 is 2.00 bits per heavy atom. The number of halogens is 2. The fourth-order valence-electron chi connectivity index (χ4n) is 2.19. The van der Waals surface area contributed by atoms with Gasteiger partial charge in [-0.25, -0.2) is 9.82 Å². The van der Waals surface area contributed by atoms with Gasteiger partial charge in [-0.15, -0.1) is 0 Å². The molecule has 0 saturated carbocycles. The second kappa shape index (κ2) is 11.0. The molecular weight excluding hydrogens is 385 g/mol. The molecule has 2 aromatic carbocycles. The number of unbranched alkanes of at least 4 members (excludes halogenated alkanes) is 1. The highest BCUT2D eigenvalue weighted by molar-refractivity contribution is 6.35. The lowest BCUT2D eigenvalue weighted by Gasteiger charge is -2.10. The van der Waals surface area contributed by atoms with Crippen LogP contribution in [0.3, 0.4) is 0 Å². The molecule has 0 unspecified atom stereocenters. The summed E-state index contributed by atoms with van der Waals surface area (Å²) in [5.41, 5.74) is 3.02. The molecule has 6 nitrogen and oxygen atoms in total. The molecule has 0 atom stereocenters. The highest BCUT2D eigenvalue weighted by Gasteiger charge is 2.11. The van der Waals surface area contributed by atoms with E-state index in [0.29, 0.717) is 28.4 Å². The number of amides is 2. The van der Waals surface area contributed by atoms with Gasteiger partial charge in [0.25, 0.3) is 0 Å². The Labute approximate surface area is 167 Å². The fraction of sp³-hybridized carbons (Fsp3) is 0.250. The number of hydrogen-bond acceptors (Lipinski definition) is 4. The predicted molar refractivity (Wildman–Crippen MR) is 106 cm³/mol. The van der Waals surface area contributed by atoms with Gasteiger partial charge in [-0.2, -0.15) is 5.10 Å². The number of hydrogen-bond donors (Lipinski definition) is 2. The van der Waals surface area contributed by atoms with Gasteiger partial charge in [0, 0.05) is 22.7 Å². The summed E-state index contributed by atoms with van der Waals surface area (Å²) >= 11 is 5.99. The number of ether oxygens (including phenoxy) is 1. The van der Waals surface area contributed by atoms with E-state index >= 15 is 0 Å². The van der Waals surface area contributed by atoms with Crippen LogP contribution in [-0.4, -0.2) is 24.6 Å². The molecule has 28 heavy (non-hydrogen) atoms. The minimum absolute atomic E-state index is 0.0152. The third-order valence-corrected chi connectivity index (χ3v) is 3.94. The number of benzene rings is 2. The van der Waals surface area contributed by atoms with Crippen molar-refractivity contribution in [2.75, 3.05) is 6.54 Å². The Morgan fingerprint density at radius 1 is 1.21 bits per heavy atom. The van der Waals surface area contributed by atoms with Gasteiger partial charge in [-0.05, 0) is 30.7 Å². The van der Waals surface area contributed by atoms with Crippen molar-refractivity contribution in [3.8, 4) is 5.75 Å². The van der Waals surface area contributed by atoms with E-state index in [-0.39, 0.29) is 12.4 Å². The lowest BCUT2D eigenvalue weighted by atomic mass is 10.2. The summed E-state index contributed by atoms with van der Waals surface area (Å²) in [4.78, 5) is 23.3. The molecule has 8 heteroatoms. The molecule has 0 aliphatic rings. The van der Waals surface area contributed by atoms with Crippen molar-refractivity contribution in [3.63, 3.8) is 0 Å². The molecule has 0 heterocycles. The first kappa shape index (κ1) is 21.4. The van der Waals surface area contributed by atoms with E-state index in [0.717, 1.165) is 12.8 Å². The summed E-state index contributed by atoms with van der Waals surface area (Å²) in [6, 6.07) is 11.1. The maximum Gasteiger partial charge on any atom is 0.329 e. The monoisotopic (exact) mass is 405 g/mol. The van der Waals surface area contributed by atoms with Crippen LogP contribution in [0.15, 0.2) is 47.6 Å². The quantitative estimate of drug-likeness (QED) is 0.305. The molecule has 0 saturated heterocycles. The molecule has 0 aromatic heterocycles. The normalized spacial score (nSPS) is 10.7. The molecule has 2 N–H and O–H groups in total. The summed E-state index contributed by atoms with van der Waals surface area (Å²) in [5, 5.41) is 6.69. The van der Waals surface area contributed by atoms with E-state index in [2.05, 4.69) is 15.8 Å². The first-order valence-corrected chi connectivity index (χ1v) is 9.16. The van der Waals surface area contributed by atoms with Crippen LogP contribution in [-0.2, 0) is 16.2 Å². The Kier molecular flexibility index (Phi) is 8.42. The van der Waals surface area contributed by atoms with Crippen LogP contribution in [0.4, 0.5) is 4.39 Å². The molecule has 0 aliphatic carbocycles. The van der Waals surface area contributed by atoms with E-state index in [1.54, 1.807) is 36.4 Å². The Hall–Kier alpha value is -2.93. The molecule has 0 bridgehead atoms. The molecule has 148 valence electrons. The van der Waals surface area contributed by atoms with E-state index < -0.39 is 11.8 Å². The molecule has 2 rings (SSSR count). The standard InChI is InChI=1S/C20H21ClFN3O3/c1-2-3-10-23-19(26)20(27)25-24-12-15-11-16(21)8-9-18(15)28-13-14-6-4-5-7-17(14)22/h4-9,11-12H,2-3,10,13H2,1H3,(H,23,26)(H,25,27)/b24-12-. The maximum atomic E-state index is 13.7. The van der Waals surface area contributed by atoms with Gasteiger partial charge in [0.2, 0.25) is 0 Å². The lowest BCUT2D eigenvalue weighted by Crippen LogP contribution is -2.38. The third kappa shape index (κ3) is 6.66. The second-order valence-electron chi connectivity index (χ2n) is 5.87. The summed E-state index contributed by atoms with van der Waals surface area (Å²) in [5.74, 6) is -1.60. The molecule has 2 amide bonds. The summed E-state index contributed by atoms with van der Waals surface area (Å²) < 4.78 is 19.4. The van der Waals surface area contributed by atoms with Crippen molar-refractivity contribution < 1.29 is 18.7 Å².